The van der Waals surface area contributed by atoms with E-state index in [2.05, 4.69) is 42.5 Å². The van der Waals surface area contributed by atoms with Crippen LogP contribution in [-0.2, 0) is 0 Å². The Morgan fingerprint density at radius 2 is 0.875 bits per heavy atom. The van der Waals surface area contributed by atoms with Gasteiger partial charge in [-0.05, 0) is 52.7 Å². The van der Waals surface area contributed by atoms with Gasteiger partial charge in [-0.25, -0.2) is 19.9 Å². The van der Waals surface area contributed by atoms with Gasteiger partial charge >= 0.3 is 0 Å². The van der Waals surface area contributed by atoms with Crippen molar-refractivity contribution in [3.05, 3.63) is 146 Å². The second kappa shape index (κ2) is 10.4. The molecule has 6 heteroatoms. The molecule has 0 saturated heterocycles. The molecule has 6 aromatic carbocycles. The van der Waals surface area contributed by atoms with Gasteiger partial charge in [-0.3, -0.25) is 0 Å². The van der Waals surface area contributed by atoms with E-state index >= 15 is 0 Å². The van der Waals surface area contributed by atoms with E-state index in [0.29, 0.717) is 28.6 Å². The second-order valence-electron chi connectivity index (χ2n) is 11.9. The fourth-order valence-corrected chi connectivity index (χ4v) is 6.59. The van der Waals surface area contributed by atoms with Crippen LogP contribution >= 0.6 is 0 Å². The fraction of sp³-hybridized carbons (Fsp3) is 0. The number of hydrogen-bond acceptors (Lipinski definition) is 6. The first-order valence-corrected chi connectivity index (χ1v) is 15.8. The van der Waals surface area contributed by atoms with Gasteiger partial charge in [0.05, 0.1) is 5.56 Å². The van der Waals surface area contributed by atoms with Crippen LogP contribution in [0.3, 0.4) is 0 Å². The SMILES string of the molecule is c1ccc(-c2nc(-c3cccc(-c4c5oc6ccccc6c5nc5c4oc4ccccc45)c3)nc(-c3ccc4ccccc4c3)n2)cc1. The van der Waals surface area contributed by atoms with E-state index in [0.717, 1.165) is 71.6 Å². The first kappa shape index (κ1) is 26.5. The third kappa shape index (κ3) is 4.20. The molecule has 0 N–H and O–H groups in total. The zero-order valence-corrected chi connectivity index (χ0v) is 25.5. The summed E-state index contributed by atoms with van der Waals surface area (Å²) in [6, 6.07) is 48.9. The molecule has 4 aromatic heterocycles. The topological polar surface area (TPSA) is 77.8 Å². The van der Waals surface area contributed by atoms with Gasteiger partial charge in [-0.2, -0.15) is 0 Å². The highest BCUT2D eigenvalue weighted by Crippen LogP contribution is 2.43. The number of rotatable bonds is 4. The monoisotopic (exact) mass is 616 g/mol. The molecule has 0 amide bonds. The van der Waals surface area contributed by atoms with Crippen LogP contribution in [0.2, 0.25) is 0 Å². The van der Waals surface area contributed by atoms with Gasteiger partial charge in [0.15, 0.2) is 28.6 Å². The molecule has 0 radical (unpaired) electrons. The van der Waals surface area contributed by atoms with Crippen molar-refractivity contribution in [3.8, 4) is 45.3 Å². The average Bonchev–Trinajstić information content (AvgIpc) is 3.72. The summed E-state index contributed by atoms with van der Waals surface area (Å²) in [4.78, 5) is 20.1. The molecule has 0 aliphatic carbocycles. The lowest BCUT2D eigenvalue weighted by atomic mass is 10.0. The smallest absolute Gasteiger partial charge is 0.165 e. The lowest BCUT2D eigenvalue weighted by molar-refractivity contribution is 0.657. The van der Waals surface area contributed by atoms with E-state index in [1.165, 1.54) is 0 Å². The molecule has 4 heterocycles. The Morgan fingerprint density at radius 3 is 1.56 bits per heavy atom. The van der Waals surface area contributed by atoms with Crippen molar-refractivity contribution >= 4 is 54.9 Å². The van der Waals surface area contributed by atoms with Crippen LogP contribution in [0, 0.1) is 0 Å². The highest BCUT2D eigenvalue weighted by Gasteiger charge is 2.23. The molecule has 0 bridgehead atoms. The van der Waals surface area contributed by atoms with Gasteiger partial charge in [-0.15, -0.1) is 0 Å². The maximum absolute atomic E-state index is 6.51. The van der Waals surface area contributed by atoms with Gasteiger partial charge in [0.25, 0.3) is 0 Å². The summed E-state index contributed by atoms with van der Waals surface area (Å²) in [6.07, 6.45) is 0. The predicted octanol–water partition coefficient (Wildman–Crippen LogP) is 10.9. The lowest BCUT2D eigenvalue weighted by Gasteiger charge is -2.10. The first-order valence-electron chi connectivity index (χ1n) is 15.8. The van der Waals surface area contributed by atoms with Crippen molar-refractivity contribution in [1.29, 1.82) is 0 Å². The van der Waals surface area contributed by atoms with Crippen LogP contribution in [0.4, 0.5) is 0 Å². The summed E-state index contributed by atoms with van der Waals surface area (Å²) < 4.78 is 13.0. The van der Waals surface area contributed by atoms with Crippen molar-refractivity contribution in [2.45, 2.75) is 0 Å². The van der Waals surface area contributed by atoms with E-state index in [1.54, 1.807) is 0 Å². The summed E-state index contributed by atoms with van der Waals surface area (Å²) in [5.74, 6) is 1.79. The molecule has 0 fully saturated rings. The summed E-state index contributed by atoms with van der Waals surface area (Å²) in [6.45, 7) is 0. The minimum Gasteiger partial charge on any atom is -0.454 e. The largest absolute Gasteiger partial charge is 0.454 e. The van der Waals surface area contributed by atoms with Crippen LogP contribution in [0.25, 0.3) is 100 Å². The molecule has 48 heavy (non-hydrogen) atoms. The van der Waals surface area contributed by atoms with Crippen LogP contribution in [0.15, 0.2) is 154 Å². The number of fused-ring (bicyclic) bond motifs is 7. The van der Waals surface area contributed by atoms with E-state index in [4.69, 9.17) is 28.8 Å². The lowest BCUT2D eigenvalue weighted by Crippen LogP contribution is -2.00. The third-order valence-electron chi connectivity index (χ3n) is 8.90. The molecule has 0 atom stereocenters. The zero-order chi connectivity index (χ0) is 31.6. The van der Waals surface area contributed by atoms with Gasteiger partial charge in [-0.1, -0.05) is 109 Å². The van der Waals surface area contributed by atoms with Crippen molar-refractivity contribution < 1.29 is 8.83 Å². The summed E-state index contributed by atoms with van der Waals surface area (Å²) >= 11 is 0. The average molecular weight is 617 g/mol. The molecule has 0 spiro atoms. The molecule has 0 saturated carbocycles. The van der Waals surface area contributed by atoms with Crippen LogP contribution in [0.1, 0.15) is 0 Å². The number of nitrogens with zero attached hydrogens (tertiary/aromatic N) is 4. The van der Waals surface area contributed by atoms with Crippen LogP contribution in [0.5, 0.6) is 0 Å². The number of hydrogen-bond donors (Lipinski definition) is 0. The second-order valence-corrected chi connectivity index (χ2v) is 11.9. The van der Waals surface area contributed by atoms with Gasteiger partial charge in [0.2, 0.25) is 0 Å². The number of para-hydroxylation sites is 2. The number of furan rings is 2. The van der Waals surface area contributed by atoms with Gasteiger partial charge < -0.3 is 8.83 Å². The molecule has 0 unspecified atom stereocenters. The zero-order valence-electron chi connectivity index (χ0n) is 25.5. The van der Waals surface area contributed by atoms with Gasteiger partial charge in [0.1, 0.15) is 22.2 Å². The first-order chi connectivity index (χ1) is 23.8. The molecule has 224 valence electrons. The van der Waals surface area contributed by atoms with Gasteiger partial charge in [0, 0.05) is 27.5 Å². The Kier molecular flexibility index (Phi) is 5.77. The molecule has 0 aliphatic rings. The quantitative estimate of drug-likeness (QED) is 0.196. The van der Waals surface area contributed by atoms with Crippen LogP contribution in [-0.4, -0.2) is 19.9 Å². The number of pyridine rings is 1. The summed E-state index contributed by atoms with van der Waals surface area (Å²) in [5.41, 5.74) is 8.96. The van der Waals surface area contributed by atoms with E-state index in [-0.39, 0.29) is 0 Å². The molecular weight excluding hydrogens is 592 g/mol. The summed E-state index contributed by atoms with van der Waals surface area (Å²) in [7, 11) is 0. The minimum atomic E-state index is 0.574. The normalized spacial score (nSPS) is 11.8. The van der Waals surface area contributed by atoms with Crippen LogP contribution < -0.4 is 0 Å². The Hall–Kier alpha value is -6.66. The van der Waals surface area contributed by atoms with Crippen molar-refractivity contribution in [2.24, 2.45) is 0 Å². The fourth-order valence-electron chi connectivity index (χ4n) is 6.59. The van der Waals surface area contributed by atoms with Crippen molar-refractivity contribution in [3.63, 3.8) is 0 Å². The van der Waals surface area contributed by atoms with E-state index in [9.17, 15) is 0 Å². The Morgan fingerprint density at radius 1 is 0.354 bits per heavy atom. The summed E-state index contributed by atoms with van der Waals surface area (Å²) in [5, 5.41) is 4.21. The standard InChI is InChI=1S/C42H24N4O2/c1-2-12-26(13-3-1)40-44-41(46-42(45-40)30-22-21-25-11-4-5-14-27(25)23-30)29-16-10-15-28(24-29)35-38-36(31-17-6-8-19-33(31)47-38)43-37-32-18-7-9-20-34(32)48-39(35)37/h1-24H. The minimum absolute atomic E-state index is 0.574. The highest BCUT2D eigenvalue weighted by molar-refractivity contribution is 6.18. The molecule has 10 aromatic rings. The van der Waals surface area contributed by atoms with Crippen molar-refractivity contribution in [1.82, 2.24) is 19.9 Å². The Balaban J connectivity index is 1.21. The Bertz CT molecular complexity index is 2760. The van der Waals surface area contributed by atoms with E-state index < -0.39 is 0 Å². The van der Waals surface area contributed by atoms with Crippen molar-refractivity contribution in [2.75, 3.05) is 0 Å². The Labute approximate surface area is 274 Å². The third-order valence-corrected chi connectivity index (χ3v) is 8.90. The highest BCUT2D eigenvalue weighted by atomic mass is 16.3. The molecular formula is C42H24N4O2. The maximum Gasteiger partial charge on any atom is 0.165 e. The maximum atomic E-state index is 6.51. The van der Waals surface area contributed by atoms with E-state index in [1.807, 2.05) is 103 Å². The number of benzene rings is 6. The molecule has 6 nitrogen and oxygen atoms in total. The molecule has 10 rings (SSSR count). The molecule has 0 aliphatic heterocycles. The predicted molar refractivity (Wildman–Crippen MR) is 191 cm³/mol. The number of aromatic nitrogens is 4.